The van der Waals surface area contributed by atoms with Gasteiger partial charge in [0, 0.05) is 25.7 Å². The van der Waals surface area contributed by atoms with E-state index in [-0.39, 0.29) is 25.7 Å². The Balaban J connectivity index is 5.26. The third-order valence-electron chi connectivity index (χ3n) is 16.4. The first-order valence-electron chi connectivity index (χ1n) is 34.8. The second-order valence-corrected chi connectivity index (χ2v) is 28.3. The number of aliphatic hydroxyl groups excluding tert-OH is 1. The summed E-state index contributed by atoms with van der Waals surface area (Å²) in [4.78, 5) is 72.4. The average molecular weight is 1270 g/mol. The quantitative estimate of drug-likeness (QED) is 0.0222. The van der Waals surface area contributed by atoms with Crippen LogP contribution in [0.5, 0.6) is 0 Å². The van der Waals surface area contributed by atoms with Crippen molar-refractivity contribution in [1.29, 1.82) is 0 Å². The Labute approximate surface area is 524 Å². The molecule has 0 aromatic carbocycles. The van der Waals surface area contributed by atoms with E-state index in [2.05, 4.69) is 55.4 Å². The summed E-state index contributed by atoms with van der Waals surface area (Å²) < 4.78 is 68.1. The third kappa shape index (κ3) is 57.2. The second kappa shape index (κ2) is 57.0. The largest absolute Gasteiger partial charge is 0.472 e. The van der Waals surface area contributed by atoms with E-state index in [4.69, 9.17) is 37.0 Å². The average Bonchev–Trinajstić information content (AvgIpc) is 3.70. The molecule has 0 aliphatic rings. The van der Waals surface area contributed by atoms with Crippen LogP contribution in [-0.4, -0.2) is 96.7 Å². The standard InChI is InChI=1S/C67H130O17P2/c1-9-58(6)44-36-28-20-14-12-13-15-23-33-41-49-66(71)83-63(54-78-65(70)48-40-32-26-25-30-38-46-60(8)11-3)56-82-86(75,76)80-52-61(68)51-79-85(73,74)81-55-62(84-67(72)50-42-34-24-18-19-27-35-43-57(4)5)53-77-64(69)47-39-31-22-17-16-21-29-37-45-59(7)10-2/h57-63,68H,9-56H2,1-8H3,(H,73,74)(H,75,76)/t58?,59?,60?,61-,62-,63-/m1/s1. The number of phosphoric acid groups is 2. The second-order valence-electron chi connectivity index (χ2n) is 25.4. The van der Waals surface area contributed by atoms with Crippen molar-refractivity contribution >= 4 is 39.5 Å². The number of rotatable bonds is 64. The number of phosphoric ester groups is 2. The maximum absolute atomic E-state index is 13.0. The topological polar surface area (TPSA) is 237 Å². The van der Waals surface area contributed by atoms with Crippen LogP contribution in [0.15, 0.2) is 0 Å². The Morgan fingerprint density at radius 2 is 0.558 bits per heavy atom. The fourth-order valence-electron chi connectivity index (χ4n) is 9.86. The molecular weight excluding hydrogens is 1140 g/mol. The first-order chi connectivity index (χ1) is 41.2. The van der Waals surface area contributed by atoms with Crippen molar-refractivity contribution in [3.8, 4) is 0 Å². The fraction of sp³-hybridized carbons (Fsp3) is 0.940. The highest BCUT2D eigenvalue weighted by atomic mass is 31.2. The summed E-state index contributed by atoms with van der Waals surface area (Å²) in [5, 5.41) is 10.6. The van der Waals surface area contributed by atoms with Crippen LogP contribution in [0.1, 0.15) is 325 Å². The van der Waals surface area contributed by atoms with Crippen molar-refractivity contribution in [3.05, 3.63) is 0 Å². The van der Waals surface area contributed by atoms with Crippen LogP contribution in [0.4, 0.5) is 0 Å². The molecule has 0 fully saturated rings. The van der Waals surface area contributed by atoms with Gasteiger partial charge in [-0.3, -0.25) is 37.3 Å². The van der Waals surface area contributed by atoms with Crippen LogP contribution in [0.25, 0.3) is 0 Å². The molecular formula is C67H130O17P2. The van der Waals surface area contributed by atoms with Gasteiger partial charge >= 0.3 is 39.5 Å². The number of unbranched alkanes of at least 4 members (excludes halogenated alkanes) is 27. The molecule has 510 valence electrons. The fourth-order valence-corrected chi connectivity index (χ4v) is 11.4. The van der Waals surface area contributed by atoms with E-state index in [0.717, 1.165) is 114 Å². The predicted octanol–water partition coefficient (Wildman–Crippen LogP) is 18.5. The lowest BCUT2D eigenvalue weighted by atomic mass is 9.99. The molecule has 8 atom stereocenters. The molecule has 0 aliphatic carbocycles. The number of ether oxygens (including phenoxy) is 4. The molecule has 17 nitrogen and oxygen atoms in total. The number of hydrogen-bond acceptors (Lipinski definition) is 15. The predicted molar refractivity (Wildman–Crippen MR) is 344 cm³/mol. The van der Waals surface area contributed by atoms with Gasteiger partial charge in [-0.1, -0.05) is 274 Å². The van der Waals surface area contributed by atoms with Crippen molar-refractivity contribution in [2.24, 2.45) is 23.7 Å². The minimum atomic E-state index is -4.95. The molecule has 5 unspecified atom stereocenters. The number of aliphatic hydroxyl groups is 1. The van der Waals surface area contributed by atoms with Crippen molar-refractivity contribution in [3.63, 3.8) is 0 Å². The lowest BCUT2D eigenvalue weighted by Crippen LogP contribution is -2.30. The molecule has 0 saturated heterocycles. The van der Waals surface area contributed by atoms with Crippen molar-refractivity contribution in [2.45, 2.75) is 343 Å². The number of carbonyl (C=O) groups excluding carboxylic acids is 4. The summed E-state index contributed by atoms with van der Waals surface area (Å²) in [6.07, 6.45) is 37.5. The van der Waals surface area contributed by atoms with Gasteiger partial charge in [0.15, 0.2) is 12.2 Å². The van der Waals surface area contributed by atoms with Gasteiger partial charge in [-0.05, 0) is 49.4 Å². The molecule has 0 radical (unpaired) electrons. The molecule has 3 N–H and O–H groups in total. The summed E-state index contributed by atoms with van der Waals surface area (Å²) in [7, 11) is -9.90. The summed E-state index contributed by atoms with van der Waals surface area (Å²) in [5.74, 6) is 0.870. The smallest absolute Gasteiger partial charge is 0.462 e. The van der Waals surface area contributed by atoms with Crippen LogP contribution in [0.2, 0.25) is 0 Å². The molecule has 0 heterocycles. The molecule has 0 bridgehead atoms. The first-order valence-corrected chi connectivity index (χ1v) is 37.8. The molecule has 0 aliphatic heterocycles. The highest BCUT2D eigenvalue weighted by Crippen LogP contribution is 2.45. The van der Waals surface area contributed by atoms with Crippen LogP contribution < -0.4 is 0 Å². The van der Waals surface area contributed by atoms with E-state index >= 15 is 0 Å². The Morgan fingerprint density at radius 3 is 0.826 bits per heavy atom. The summed E-state index contributed by atoms with van der Waals surface area (Å²) in [5.41, 5.74) is 0. The van der Waals surface area contributed by atoms with E-state index < -0.39 is 97.5 Å². The minimum Gasteiger partial charge on any atom is -0.462 e. The highest BCUT2D eigenvalue weighted by Gasteiger charge is 2.30. The normalized spacial score (nSPS) is 15.3. The van der Waals surface area contributed by atoms with Crippen LogP contribution in [-0.2, 0) is 65.4 Å². The van der Waals surface area contributed by atoms with Gasteiger partial charge < -0.3 is 33.8 Å². The van der Waals surface area contributed by atoms with Gasteiger partial charge in [-0.2, -0.15) is 0 Å². The molecule has 0 spiro atoms. The molecule has 0 aromatic rings. The zero-order valence-electron chi connectivity index (χ0n) is 55.9. The third-order valence-corrected chi connectivity index (χ3v) is 18.3. The van der Waals surface area contributed by atoms with Gasteiger partial charge in [-0.15, -0.1) is 0 Å². The van der Waals surface area contributed by atoms with E-state index in [1.54, 1.807) is 0 Å². The van der Waals surface area contributed by atoms with E-state index in [1.807, 2.05) is 0 Å². The van der Waals surface area contributed by atoms with Gasteiger partial charge in [-0.25, -0.2) is 9.13 Å². The molecule has 19 heteroatoms. The van der Waals surface area contributed by atoms with E-state index in [0.29, 0.717) is 31.6 Å². The van der Waals surface area contributed by atoms with Crippen LogP contribution in [0.3, 0.4) is 0 Å². The van der Waals surface area contributed by atoms with Crippen molar-refractivity contribution < 1.29 is 80.2 Å². The summed E-state index contributed by atoms with van der Waals surface area (Å²) >= 11 is 0. The van der Waals surface area contributed by atoms with Gasteiger partial charge in [0.2, 0.25) is 0 Å². The van der Waals surface area contributed by atoms with Gasteiger partial charge in [0.25, 0.3) is 0 Å². The Hall–Kier alpha value is -1.94. The maximum Gasteiger partial charge on any atom is 0.472 e. The SMILES string of the molecule is CCC(C)CCCCCCCCCCCCC(=O)O[C@H](COC(=O)CCCCCCCCC(C)CC)COP(=O)(O)OC[C@H](O)COP(=O)(O)OC[C@@H](COC(=O)CCCCCCCCCCC(C)CC)OC(=O)CCCCCCCCCC(C)C. The van der Waals surface area contributed by atoms with Crippen LogP contribution >= 0.6 is 15.6 Å². The monoisotopic (exact) mass is 1270 g/mol. The minimum absolute atomic E-state index is 0.102. The lowest BCUT2D eigenvalue weighted by Gasteiger charge is -2.21. The molecule has 0 rings (SSSR count). The molecule has 0 saturated carbocycles. The Morgan fingerprint density at radius 1 is 0.326 bits per heavy atom. The molecule has 0 aromatic heterocycles. The van der Waals surface area contributed by atoms with E-state index in [1.165, 1.54) is 122 Å². The lowest BCUT2D eigenvalue weighted by molar-refractivity contribution is -0.161. The summed E-state index contributed by atoms with van der Waals surface area (Å²) in [6, 6.07) is 0. The Kier molecular flexibility index (Phi) is 55.7. The summed E-state index contributed by atoms with van der Waals surface area (Å²) in [6.45, 7) is 14.0. The zero-order chi connectivity index (χ0) is 63.9. The van der Waals surface area contributed by atoms with Crippen molar-refractivity contribution in [2.75, 3.05) is 39.6 Å². The maximum atomic E-state index is 13.0. The molecule has 0 amide bonds. The molecule has 86 heavy (non-hydrogen) atoms. The van der Waals surface area contributed by atoms with E-state index in [9.17, 15) is 43.2 Å². The zero-order valence-corrected chi connectivity index (χ0v) is 57.7. The first kappa shape index (κ1) is 84.1. The van der Waals surface area contributed by atoms with Crippen molar-refractivity contribution in [1.82, 2.24) is 0 Å². The number of carbonyl (C=O) groups is 4. The number of hydrogen-bond donors (Lipinski definition) is 3. The van der Waals surface area contributed by atoms with Crippen LogP contribution in [0, 0.1) is 23.7 Å². The van der Waals surface area contributed by atoms with Gasteiger partial charge in [0.05, 0.1) is 26.4 Å². The Bertz CT molecular complexity index is 1720. The number of esters is 4. The highest BCUT2D eigenvalue weighted by molar-refractivity contribution is 7.47. The van der Waals surface area contributed by atoms with Gasteiger partial charge in [0.1, 0.15) is 19.3 Å².